The van der Waals surface area contributed by atoms with Gasteiger partial charge >= 0.3 is 0 Å². The third kappa shape index (κ3) is 2.15. The van der Waals surface area contributed by atoms with Gasteiger partial charge < -0.3 is 5.21 Å². The number of ketones is 1. The second-order valence-corrected chi connectivity index (χ2v) is 2.87. The zero-order chi connectivity index (χ0) is 9.84. The van der Waals surface area contributed by atoms with E-state index in [1.807, 2.05) is 19.1 Å². The lowest BCUT2D eigenvalue weighted by atomic mass is 10.1. The van der Waals surface area contributed by atoms with Crippen LogP contribution in [-0.2, 0) is 4.79 Å². The summed E-state index contributed by atoms with van der Waals surface area (Å²) in [6.07, 6.45) is 0. The third-order valence-electron chi connectivity index (χ3n) is 1.76. The third-order valence-corrected chi connectivity index (χ3v) is 1.76. The monoisotopic (exact) mass is 177 g/mol. The van der Waals surface area contributed by atoms with Crippen molar-refractivity contribution in [2.75, 3.05) is 0 Å². The summed E-state index contributed by atoms with van der Waals surface area (Å²) in [5.41, 5.74) is 1.84. The van der Waals surface area contributed by atoms with Gasteiger partial charge in [0.25, 0.3) is 0 Å². The van der Waals surface area contributed by atoms with Crippen LogP contribution in [0.3, 0.4) is 0 Å². The molecule has 1 aromatic carbocycles. The van der Waals surface area contributed by atoms with Crippen molar-refractivity contribution in [3.05, 3.63) is 35.4 Å². The maximum atomic E-state index is 11.0. The van der Waals surface area contributed by atoms with E-state index in [0.29, 0.717) is 5.56 Å². The standard InChI is InChI=1S/C10H11NO2/c1-7-3-5-9(6-4-7)10(11-13)8(2)12/h3-6,13H,1-2H3. The molecule has 0 aromatic heterocycles. The first-order valence-electron chi connectivity index (χ1n) is 3.95. The molecule has 0 radical (unpaired) electrons. The Morgan fingerprint density at radius 1 is 1.31 bits per heavy atom. The molecule has 1 aromatic rings. The van der Waals surface area contributed by atoms with Crippen molar-refractivity contribution in [1.29, 1.82) is 0 Å². The van der Waals surface area contributed by atoms with Gasteiger partial charge in [0.1, 0.15) is 0 Å². The van der Waals surface area contributed by atoms with E-state index in [4.69, 9.17) is 5.21 Å². The van der Waals surface area contributed by atoms with E-state index in [0.717, 1.165) is 5.56 Å². The van der Waals surface area contributed by atoms with Crippen LogP contribution < -0.4 is 0 Å². The van der Waals surface area contributed by atoms with Crippen LogP contribution in [0.4, 0.5) is 0 Å². The molecule has 13 heavy (non-hydrogen) atoms. The lowest BCUT2D eigenvalue weighted by Crippen LogP contribution is -2.11. The van der Waals surface area contributed by atoms with E-state index in [-0.39, 0.29) is 11.5 Å². The van der Waals surface area contributed by atoms with Crippen LogP contribution in [0.2, 0.25) is 0 Å². The van der Waals surface area contributed by atoms with E-state index in [9.17, 15) is 4.79 Å². The van der Waals surface area contributed by atoms with E-state index in [1.165, 1.54) is 6.92 Å². The number of carbonyl (C=O) groups is 1. The van der Waals surface area contributed by atoms with E-state index < -0.39 is 0 Å². The van der Waals surface area contributed by atoms with Gasteiger partial charge in [-0.25, -0.2) is 0 Å². The molecule has 3 nitrogen and oxygen atoms in total. The Hall–Kier alpha value is -1.64. The maximum absolute atomic E-state index is 11.0. The Balaban J connectivity index is 3.07. The van der Waals surface area contributed by atoms with Crippen molar-refractivity contribution in [1.82, 2.24) is 0 Å². The number of oxime groups is 1. The Kier molecular flexibility index (Phi) is 2.80. The van der Waals surface area contributed by atoms with Gasteiger partial charge in [-0.15, -0.1) is 0 Å². The molecule has 0 unspecified atom stereocenters. The number of benzene rings is 1. The first-order valence-corrected chi connectivity index (χ1v) is 3.95. The molecule has 0 aliphatic heterocycles. The average molecular weight is 177 g/mol. The Morgan fingerprint density at radius 3 is 2.23 bits per heavy atom. The lowest BCUT2D eigenvalue weighted by Gasteiger charge is -2.00. The topological polar surface area (TPSA) is 49.7 Å². The van der Waals surface area contributed by atoms with Gasteiger partial charge in [0, 0.05) is 12.5 Å². The highest BCUT2D eigenvalue weighted by Gasteiger charge is 2.08. The highest BCUT2D eigenvalue weighted by Crippen LogP contribution is 2.05. The molecule has 0 heterocycles. The van der Waals surface area contributed by atoms with Crippen molar-refractivity contribution in [2.45, 2.75) is 13.8 Å². The van der Waals surface area contributed by atoms with Crippen LogP contribution in [0.25, 0.3) is 0 Å². The summed E-state index contributed by atoms with van der Waals surface area (Å²) in [5, 5.41) is 11.5. The SMILES string of the molecule is CC(=O)C(=NO)c1ccc(C)cc1. The smallest absolute Gasteiger partial charge is 0.182 e. The van der Waals surface area contributed by atoms with Crippen molar-refractivity contribution in [3.63, 3.8) is 0 Å². The minimum absolute atomic E-state index is 0.0972. The number of nitrogens with zero attached hydrogens (tertiary/aromatic N) is 1. The number of rotatable bonds is 2. The molecule has 0 amide bonds. The first-order chi connectivity index (χ1) is 6.15. The van der Waals surface area contributed by atoms with Gasteiger partial charge in [-0.1, -0.05) is 35.0 Å². The van der Waals surface area contributed by atoms with Gasteiger partial charge in [0.05, 0.1) is 0 Å². The Morgan fingerprint density at radius 2 is 1.85 bits per heavy atom. The van der Waals surface area contributed by atoms with Gasteiger partial charge in [0.15, 0.2) is 11.5 Å². The van der Waals surface area contributed by atoms with Crippen LogP contribution in [-0.4, -0.2) is 16.7 Å². The summed E-state index contributed by atoms with van der Waals surface area (Å²) in [6.45, 7) is 3.32. The van der Waals surface area contributed by atoms with Crippen LogP contribution in [0, 0.1) is 6.92 Å². The summed E-state index contributed by atoms with van der Waals surface area (Å²) in [5.74, 6) is -0.244. The summed E-state index contributed by atoms with van der Waals surface area (Å²) in [4.78, 5) is 11.0. The van der Waals surface area contributed by atoms with Gasteiger partial charge in [-0.05, 0) is 6.92 Å². The molecule has 0 saturated carbocycles. The van der Waals surface area contributed by atoms with Crippen molar-refractivity contribution in [3.8, 4) is 0 Å². The number of hydrogen-bond acceptors (Lipinski definition) is 3. The van der Waals surface area contributed by atoms with Gasteiger partial charge in [-0.2, -0.15) is 0 Å². The van der Waals surface area contributed by atoms with Gasteiger partial charge in [0.2, 0.25) is 0 Å². The molecule has 0 aliphatic carbocycles. The molecule has 0 fully saturated rings. The highest BCUT2D eigenvalue weighted by molar-refractivity contribution is 6.45. The molecular weight excluding hydrogens is 166 g/mol. The van der Waals surface area contributed by atoms with Crippen molar-refractivity contribution in [2.24, 2.45) is 5.16 Å². The fourth-order valence-electron chi connectivity index (χ4n) is 1.04. The molecule has 3 heteroatoms. The molecule has 1 rings (SSSR count). The Bertz CT molecular complexity index is 338. The molecule has 0 aliphatic rings. The molecule has 68 valence electrons. The van der Waals surface area contributed by atoms with E-state index in [1.54, 1.807) is 12.1 Å². The minimum atomic E-state index is -0.244. The van der Waals surface area contributed by atoms with E-state index in [2.05, 4.69) is 5.16 Å². The number of aryl methyl sites for hydroxylation is 1. The first kappa shape index (κ1) is 9.45. The second kappa shape index (κ2) is 3.85. The maximum Gasteiger partial charge on any atom is 0.182 e. The highest BCUT2D eigenvalue weighted by atomic mass is 16.4. The molecular formula is C10H11NO2. The predicted octanol–water partition coefficient (Wildman–Crippen LogP) is 1.76. The van der Waals surface area contributed by atoms with Crippen LogP contribution in [0.15, 0.2) is 29.4 Å². The molecule has 0 bridgehead atoms. The zero-order valence-electron chi connectivity index (χ0n) is 7.61. The fourth-order valence-corrected chi connectivity index (χ4v) is 1.04. The average Bonchev–Trinajstić information content (AvgIpc) is 2.09. The Labute approximate surface area is 76.7 Å². The number of hydrogen-bond donors (Lipinski definition) is 1. The summed E-state index contributed by atoms with van der Waals surface area (Å²) in [7, 11) is 0. The minimum Gasteiger partial charge on any atom is -0.410 e. The summed E-state index contributed by atoms with van der Waals surface area (Å²) >= 11 is 0. The van der Waals surface area contributed by atoms with Crippen LogP contribution in [0.5, 0.6) is 0 Å². The predicted molar refractivity (Wildman–Crippen MR) is 50.2 cm³/mol. The largest absolute Gasteiger partial charge is 0.410 e. The molecule has 0 atom stereocenters. The van der Waals surface area contributed by atoms with Crippen molar-refractivity contribution >= 4 is 11.5 Å². The van der Waals surface area contributed by atoms with Crippen LogP contribution in [0.1, 0.15) is 18.1 Å². The summed E-state index contributed by atoms with van der Waals surface area (Å²) in [6, 6.07) is 7.24. The quantitative estimate of drug-likeness (QED) is 0.425. The van der Waals surface area contributed by atoms with Crippen LogP contribution >= 0.6 is 0 Å². The normalized spacial score (nSPS) is 11.4. The van der Waals surface area contributed by atoms with E-state index >= 15 is 0 Å². The lowest BCUT2D eigenvalue weighted by molar-refractivity contribution is -0.111. The molecule has 1 N–H and O–H groups in total. The zero-order valence-corrected chi connectivity index (χ0v) is 7.61. The number of Topliss-reactive ketones (excluding diaryl/α,β-unsaturated/α-hetero) is 1. The summed E-state index contributed by atoms with van der Waals surface area (Å²) < 4.78 is 0. The van der Waals surface area contributed by atoms with Gasteiger partial charge in [-0.3, -0.25) is 4.79 Å². The number of carbonyl (C=O) groups excluding carboxylic acids is 1. The molecule has 0 spiro atoms. The van der Waals surface area contributed by atoms with Crippen molar-refractivity contribution < 1.29 is 10.0 Å². The second-order valence-electron chi connectivity index (χ2n) is 2.87. The fraction of sp³-hybridized carbons (Fsp3) is 0.200. The molecule has 0 saturated heterocycles.